The summed E-state index contributed by atoms with van der Waals surface area (Å²) >= 11 is 5.16. The predicted molar refractivity (Wildman–Crippen MR) is 111 cm³/mol. The van der Waals surface area contributed by atoms with Crippen molar-refractivity contribution in [2.24, 2.45) is 5.41 Å². The lowest BCUT2D eigenvalue weighted by atomic mass is 9.96. The number of hydrogen-bond acceptors (Lipinski definition) is 4. The van der Waals surface area contributed by atoms with E-state index in [1.54, 1.807) is 57.2 Å². The van der Waals surface area contributed by atoms with E-state index in [4.69, 9.17) is 17.0 Å². The summed E-state index contributed by atoms with van der Waals surface area (Å²) in [6.45, 7) is 5.32. The molecule has 0 heterocycles. The second kappa shape index (κ2) is 9.14. The lowest BCUT2D eigenvalue weighted by molar-refractivity contribution is -0.126. The number of amides is 2. The molecule has 142 valence electrons. The number of anilines is 2. The Hall–Kier alpha value is -2.93. The van der Waals surface area contributed by atoms with Crippen LogP contribution in [0.1, 0.15) is 20.8 Å². The van der Waals surface area contributed by atoms with Gasteiger partial charge in [0.15, 0.2) is 11.7 Å². The maximum atomic E-state index is 12.0. The van der Waals surface area contributed by atoms with Crippen molar-refractivity contribution in [1.29, 1.82) is 0 Å². The zero-order valence-corrected chi connectivity index (χ0v) is 16.4. The molecule has 0 spiro atoms. The van der Waals surface area contributed by atoms with Crippen LogP contribution in [0.4, 0.5) is 11.4 Å². The number of hydrogen-bond donors (Lipinski definition) is 3. The second-order valence-electron chi connectivity index (χ2n) is 6.89. The summed E-state index contributed by atoms with van der Waals surface area (Å²) in [7, 11) is 0. The van der Waals surface area contributed by atoms with Gasteiger partial charge < -0.3 is 20.7 Å². The molecule has 0 radical (unpaired) electrons. The zero-order valence-electron chi connectivity index (χ0n) is 15.5. The molecule has 0 saturated heterocycles. The number of carbonyl (C=O) groups excluding carboxylic acids is 2. The Morgan fingerprint density at radius 1 is 0.963 bits per heavy atom. The molecule has 27 heavy (non-hydrogen) atoms. The fourth-order valence-electron chi connectivity index (χ4n) is 1.99. The van der Waals surface area contributed by atoms with E-state index in [2.05, 4.69) is 16.0 Å². The van der Waals surface area contributed by atoms with Gasteiger partial charge in [0.1, 0.15) is 5.75 Å². The average molecular weight is 385 g/mol. The van der Waals surface area contributed by atoms with Crippen molar-refractivity contribution < 1.29 is 14.3 Å². The minimum absolute atomic E-state index is 0.0955. The highest BCUT2D eigenvalue weighted by molar-refractivity contribution is 7.80. The summed E-state index contributed by atoms with van der Waals surface area (Å²) in [6.07, 6.45) is 0. The van der Waals surface area contributed by atoms with Crippen LogP contribution in [0, 0.1) is 5.41 Å². The van der Waals surface area contributed by atoms with Gasteiger partial charge in [-0.05, 0) is 42.5 Å². The summed E-state index contributed by atoms with van der Waals surface area (Å²) < 4.78 is 5.41. The molecular formula is C20H23N3O3S. The van der Waals surface area contributed by atoms with Gasteiger partial charge in [0, 0.05) is 16.8 Å². The lowest BCUT2D eigenvalue weighted by Gasteiger charge is -2.18. The average Bonchev–Trinajstić information content (AvgIpc) is 2.60. The number of thiocarbonyl (C=S) groups is 1. The van der Waals surface area contributed by atoms with Crippen LogP contribution < -0.4 is 20.7 Å². The number of para-hydroxylation sites is 1. The van der Waals surface area contributed by atoms with E-state index in [1.165, 1.54) is 0 Å². The summed E-state index contributed by atoms with van der Waals surface area (Å²) in [5.41, 5.74) is 0.697. The number of carbonyl (C=O) groups is 2. The number of ether oxygens (including phenoxy) is 1. The maximum Gasteiger partial charge on any atom is 0.262 e. The molecule has 0 aromatic heterocycles. The van der Waals surface area contributed by atoms with E-state index in [9.17, 15) is 9.59 Å². The Kier molecular flexibility index (Phi) is 6.90. The standard InChI is InChI=1S/C20H23N3O3S/c1-20(2,3)18(25)23-19(27)22-15-9-7-8-14(12-15)21-17(24)13-26-16-10-5-4-6-11-16/h4-12H,13H2,1-3H3,(H,21,24)(H2,22,23,25,27). The molecule has 0 unspecified atom stereocenters. The molecule has 7 heteroatoms. The molecular weight excluding hydrogens is 362 g/mol. The first-order valence-corrected chi connectivity index (χ1v) is 8.85. The molecule has 6 nitrogen and oxygen atoms in total. The van der Waals surface area contributed by atoms with Crippen molar-refractivity contribution >= 4 is 40.5 Å². The van der Waals surface area contributed by atoms with Crippen molar-refractivity contribution in [2.75, 3.05) is 17.2 Å². The van der Waals surface area contributed by atoms with Crippen LogP contribution in [0.25, 0.3) is 0 Å². The molecule has 0 fully saturated rings. The molecule has 2 aromatic rings. The van der Waals surface area contributed by atoms with Crippen molar-refractivity contribution in [3.63, 3.8) is 0 Å². The van der Waals surface area contributed by atoms with Crippen molar-refractivity contribution in [2.45, 2.75) is 20.8 Å². The van der Waals surface area contributed by atoms with E-state index >= 15 is 0 Å². The van der Waals surface area contributed by atoms with E-state index in [0.717, 1.165) is 0 Å². The minimum atomic E-state index is -0.541. The van der Waals surface area contributed by atoms with E-state index < -0.39 is 5.41 Å². The van der Waals surface area contributed by atoms with Crippen molar-refractivity contribution in [3.8, 4) is 5.75 Å². The highest BCUT2D eigenvalue weighted by Crippen LogP contribution is 2.16. The third-order valence-corrected chi connectivity index (χ3v) is 3.63. The largest absolute Gasteiger partial charge is 0.484 e. The van der Waals surface area contributed by atoms with Gasteiger partial charge in [-0.3, -0.25) is 9.59 Å². The molecule has 0 aliphatic rings. The molecule has 0 atom stereocenters. The van der Waals surface area contributed by atoms with E-state index in [-0.39, 0.29) is 23.5 Å². The molecule has 0 aliphatic carbocycles. The maximum absolute atomic E-state index is 12.0. The lowest BCUT2D eigenvalue weighted by Crippen LogP contribution is -2.41. The Bertz CT molecular complexity index is 817. The van der Waals surface area contributed by atoms with Crippen LogP contribution in [0.5, 0.6) is 5.75 Å². The highest BCUT2D eigenvalue weighted by Gasteiger charge is 2.21. The Morgan fingerprint density at radius 3 is 2.22 bits per heavy atom. The molecule has 2 aromatic carbocycles. The number of nitrogens with one attached hydrogen (secondary N) is 3. The smallest absolute Gasteiger partial charge is 0.262 e. The molecule has 2 rings (SSSR count). The van der Waals surface area contributed by atoms with Gasteiger partial charge in [0.25, 0.3) is 5.91 Å². The van der Waals surface area contributed by atoms with Crippen LogP contribution >= 0.6 is 12.2 Å². The van der Waals surface area contributed by atoms with Gasteiger partial charge in [-0.25, -0.2) is 0 Å². The molecule has 0 aliphatic heterocycles. The SMILES string of the molecule is CC(C)(C)C(=O)NC(=S)Nc1cccc(NC(=O)COc2ccccc2)c1. The molecule has 0 saturated carbocycles. The Morgan fingerprint density at radius 2 is 1.59 bits per heavy atom. The monoisotopic (exact) mass is 385 g/mol. The van der Waals surface area contributed by atoms with Crippen molar-refractivity contribution in [3.05, 3.63) is 54.6 Å². The van der Waals surface area contributed by atoms with E-state index in [1.807, 2.05) is 18.2 Å². The van der Waals surface area contributed by atoms with Crippen LogP contribution in [-0.4, -0.2) is 23.5 Å². The number of benzene rings is 2. The van der Waals surface area contributed by atoms with Crippen LogP contribution in [0.3, 0.4) is 0 Å². The third kappa shape index (κ3) is 7.07. The molecule has 0 bridgehead atoms. The predicted octanol–water partition coefficient (Wildman–Crippen LogP) is 3.56. The first-order chi connectivity index (χ1) is 12.7. The van der Waals surface area contributed by atoms with Gasteiger partial charge in [-0.15, -0.1) is 0 Å². The van der Waals surface area contributed by atoms with Crippen LogP contribution in [0.15, 0.2) is 54.6 Å². The highest BCUT2D eigenvalue weighted by atomic mass is 32.1. The quantitative estimate of drug-likeness (QED) is 0.686. The topological polar surface area (TPSA) is 79.5 Å². The zero-order chi connectivity index (χ0) is 19.9. The summed E-state index contributed by atoms with van der Waals surface area (Å²) in [4.78, 5) is 24.0. The third-order valence-electron chi connectivity index (χ3n) is 3.43. The van der Waals surface area contributed by atoms with Crippen LogP contribution in [-0.2, 0) is 9.59 Å². The molecule has 2 amide bonds. The van der Waals surface area contributed by atoms with Gasteiger partial charge in [-0.2, -0.15) is 0 Å². The van der Waals surface area contributed by atoms with E-state index in [0.29, 0.717) is 17.1 Å². The van der Waals surface area contributed by atoms with Gasteiger partial charge >= 0.3 is 0 Å². The van der Waals surface area contributed by atoms with Crippen molar-refractivity contribution in [1.82, 2.24) is 5.32 Å². The normalized spacial score (nSPS) is 10.6. The van der Waals surface area contributed by atoms with Crippen LogP contribution in [0.2, 0.25) is 0 Å². The fraction of sp³-hybridized carbons (Fsp3) is 0.250. The first kappa shape index (κ1) is 20.4. The number of rotatable bonds is 5. The van der Waals surface area contributed by atoms with Gasteiger partial charge in [0.05, 0.1) is 0 Å². The summed E-state index contributed by atoms with van der Waals surface area (Å²) in [6, 6.07) is 16.1. The summed E-state index contributed by atoms with van der Waals surface area (Å²) in [5, 5.41) is 8.53. The fourth-order valence-corrected chi connectivity index (χ4v) is 2.20. The van der Waals surface area contributed by atoms with Gasteiger partial charge in [0.2, 0.25) is 5.91 Å². The second-order valence-corrected chi connectivity index (χ2v) is 7.30. The molecule has 3 N–H and O–H groups in total. The summed E-state index contributed by atoms with van der Waals surface area (Å²) in [5.74, 6) is 0.171. The van der Waals surface area contributed by atoms with Gasteiger partial charge in [-0.1, -0.05) is 45.0 Å². The first-order valence-electron chi connectivity index (χ1n) is 8.44. The minimum Gasteiger partial charge on any atom is -0.484 e. The Labute approximate surface area is 164 Å². The Balaban J connectivity index is 1.88.